The fraction of sp³-hybridized carbons (Fsp3) is 0.360. The first-order chi connectivity index (χ1) is 16.3. The van der Waals surface area contributed by atoms with Crippen LogP contribution >= 0.6 is 0 Å². The second-order valence-electron chi connectivity index (χ2n) is 7.98. The van der Waals surface area contributed by atoms with E-state index in [2.05, 4.69) is 0 Å². The lowest BCUT2D eigenvalue weighted by molar-refractivity contribution is -0.140. The van der Waals surface area contributed by atoms with E-state index in [9.17, 15) is 14.7 Å². The first-order valence-corrected chi connectivity index (χ1v) is 10.6. The van der Waals surface area contributed by atoms with E-state index in [1.54, 1.807) is 36.4 Å². The first-order valence-electron chi connectivity index (χ1n) is 10.6. The average molecular weight is 471 g/mol. The molecule has 0 aliphatic carbocycles. The van der Waals surface area contributed by atoms with Crippen molar-refractivity contribution in [1.29, 1.82) is 0 Å². The van der Waals surface area contributed by atoms with Gasteiger partial charge in [0.15, 0.2) is 11.5 Å². The van der Waals surface area contributed by atoms with Crippen molar-refractivity contribution in [2.45, 2.75) is 6.04 Å². The number of Topliss-reactive ketones (excluding diaryl/α,β-unsaturated/α-hetero) is 1. The van der Waals surface area contributed by atoms with Gasteiger partial charge in [0, 0.05) is 18.7 Å². The van der Waals surface area contributed by atoms with E-state index >= 15 is 0 Å². The number of aliphatic hydroxyl groups is 1. The van der Waals surface area contributed by atoms with E-state index in [0.717, 1.165) is 0 Å². The minimum Gasteiger partial charge on any atom is -0.507 e. The van der Waals surface area contributed by atoms with Crippen LogP contribution in [0.2, 0.25) is 0 Å². The molecule has 1 atom stereocenters. The van der Waals surface area contributed by atoms with Gasteiger partial charge in [-0.3, -0.25) is 9.59 Å². The number of ketones is 1. The minimum absolute atomic E-state index is 0.0109. The summed E-state index contributed by atoms with van der Waals surface area (Å²) in [6.07, 6.45) is 0. The van der Waals surface area contributed by atoms with Crippen LogP contribution in [-0.2, 0) is 9.59 Å². The monoisotopic (exact) mass is 470 g/mol. The summed E-state index contributed by atoms with van der Waals surface area (Å²) >= 11 is 0. The van der Waals surface area contributed by atoms with Gasteiger partial charge in [-0.1, -0.05) is 0 Å². The van der Waals surface area contributed by atoms with Crippen LogP contribution in [0.5, 0.6) is 23.0 Å². The van der Waals surface area contributed by atoms with Crippen LogP contribution in [0.3, 0.4) is 0 Å². The van der Waals surface area contributed by atoms with Gasteiger partial charge in [0.1, 0.15) is 11.5 Å². The van der Waals surface area contributed by atoms with Crippen molar-refractivity contribution < 1.29 is 33.6 Å². The summed E-state index contributed by atoms with van der Waals surface area (Å²) in [6, 6.07) is 9.12. The third kappa shape index (κ3) is 4.65. The van der Waals surface area contributed by atoms with Gasteiger partial charge in [0.25, 0.3) is 11.7 Å². The second kappa shape index (κ2) is 10.5. The number of hydrogen-bond donors (Lipinski definition) is 1. The summed E-state index contributed by atoms with van der Waals surface area (Å²) in [6.45, 7) is 0.800. The molecule has 1 saturated heterocycles. The predicted octanol–water partition coefficient (Wildman–Crippen LogP) is 2.70. The molecule has 2 aromatic carbocycles. The molecule has 1 N–H and O–H groups in total. The highest BCUT2D eigenvalue weighted by atomic mass is 16.5. The van der Waals surface area contributed by atoms with E-state index in [1.807, 2.05) is 19.0 Å². The highest BCUT2D eigenvalue weighted by Crippen LogP contribution is 2.45. The number of benzene rings is 2. The standard InChI is InChI=1S/C25H30N2O7/c1-26(2)11-12-27-21(16-13-18(32-4)24(34-6)19(14-16)33-5)20(23(29)25(27)30)22(28)15-7-9-17(31-3)10-8-15/h7-10,13-14,21,28H,11-12H2,1-6H3/b22-20+. The van der Waals surface area contributed by atoms with Crippen LogP contribution < -0.4 is 18.9 Å². The molecule has 2 aromatic rings. The Morgan fingerprint density at radius 2 is 1.53 bits per heavy atom. The fourth-order valence-corrected chi connectivity index (χ4v) is 3.93. The Labute approximate surface area is 199 Å². The predicted molar refractivity (Wildman–Crippen MR) is 127 cm³/mol. The number of carbonyl (C=O) groups excluding carboxylic acids is 2. The minimum atomic E-state index is -0.851. The Morgan fingerprint density at radius 1 is 0.941 bits per heavy atom. The summed E-state index contributed by atoms with van der Waals surface area (Å²) in [5.41, 5.74) is 0.926. The van der Waals surface area contributed by atoms with Gasteiger partial charge in [0.2, 0.25) is 5.75 Å². The highest BCUT2D eigenvalue weighted by Gasteiger charge is 2.46. The number of aliphatic hydroxyl groups excluding tert-OH is 1. The van der Waals surface area contributed by atoms with Gasteiger partial charge in [0.05, 0.1) is 40.1 Å². The van der Waals surface area contributed by atoms with E-state index in [-0.39, 0.29) is 17.9 Å². The number of hydrogen-bond acceptors (Lipinski definition) is 8. The fourth-order valence-electron chi connectivity index (χ4n) is 3.93. The number of likely N-dealkylation sites (tertiary alicyclic amines) is 1. The van der Waals surface area contributed by atoms with Gasteiger partial charge in [-0.05, 0) is 56.1 Å². The Bertz CT molecular complexity index is 1070. The van der Waals surface area contributed by atoms with Gasteiger partial charge >= 0.3 is 0 Å². The van der Waals surface area contributed by atoms with Crippen molar-refractivity contribution in [2.24, 2.45) is 0 Å². The topological polar surface area (TPSA) is 97.8 Å². The maximum absolute atomic E-state index is 13.2. The molecule has 1 aliphatic heterocycles. The number of nitrogens with zero attached hydrogens (tertiary/aromatic N) is 2. The lowest BCUT2D eigenvalue weighted by atomic mass is 9.94. The Morgan fingerprint density at radius 3 is 2.00 bits per heavy atom. The normalized spacial score (nSPS) is 17.3. The quantitative estimate of drug-likeness (QED) is 0.339. The van der Waals surface area contributed by atoms with Crippen molar-refractivity contribution in [1.82, 2.24) is 9.80 Å². The summed E-state index contributed by atoms with van der Waals surface area (Å²) in [7, 11) is 9.76. The zero-order valence-corrected chi connectivity index (χ0v) is 20.2. The summed E-state index contributed by atoms with van der Waals surface area (Å²) in [4.78, 5) is 29.6. The van der Waals surface area contributed by atoms with E-state index in [1.165, 1.54) is 33.3 Å². The average Bonchev–Trinajstić information content (AvgIpc) is 3.10. The third-order valence-corrected chi connectivity index (χ3v) is 5.69. The van der Waals surface area contributed by atoms with Crippen molar-refractivity contribution in [3.8, 4) is 23.0 Å². The van der Waals surface area contributed by atoms with Crippen LogP contribution in [0.15, 0.2) is 42.0 Å². The van der Waals surface area contributed by atoms with Gasteiger partial charge < -0.3 is 33.9 Å². The molecule has 9 heteroatoms. The molecule has 9 nitrogen and oxygen atoms in total. The molecule has 1 unspecified atom stereocenters. The number of carbonyl (C=O) groups is 2. The third-order valence-electron chi connectivity index (χ3n) is 5.69. The van der Waals surface area contributed by atoms with Crippen LogP contribution in [0, 0.1) is 0 Å². The van der Waals surface area contributed by atoms with Crippen molar-refractivity contribution in [2.75, 3.05) is 55.6 Å². The van der Waals surface area contributed by atoms with Gasteiger partial charge in [-0.15, -0.1) is 0 Å². The summed E-state index contributed by atoms with van der Waals surface area (Å²) in [5, 5.41) is 11.2. The molecular formula is C25H30N2O7. The lowest BCUT2D eigenvalue weighted by Crippen LogP contribution is -2.35. The molecule has 1 aliphatic rings. The molecule has 34 heavy (non-hydrogen) atoms. The molecule has 1 fully saturated rings. The summed E-state index contributed by atoms with van der Waals surface area (Å²) < 4.78 is 21.5. The van der Waals surface area contributed by atoms with Crippen LogP contribution in [0.25, 0.3) is 5.76 Å². The SMILES string of the molecule is COc1ccc(/C(O)=C2\C(=O)C(=O)N(CCN(C)C)C2c2cc(OC)c(OC)c(OC)c2)cc1. The molecule has 1 heterocycles. The Kier molecular flexibility index (Phi) is 7.68. The van der Waals surface area contributed by atoms with Crippen molar-refractivity contribution >= 4 is 17.4 Å². The molecule has 0 spiro atoms. The molecule has 3 rings (SSSR count). The number of ether oxygens (including phenoxy) is 4. The Hall–Kier alpha value is -3.72. The molecule has 1 amide bonds. The smallest absolute Gasteiger partial charge is 0.295 e. The Balaban J connectivity index is 2.23. The van der Waals surface area contributed by atoms with E-state index in [4.69, 9.17) is 18.9 Å². The van der Waals surface area contributed by atoms with Gasteiger partial charge in [-0.25, -0.2) is 0 Å². The molecule has 0 bridgehead atoms. The number of amides is 1. The van der Waals surface area contributed by atoms with Gasteiger partial charge in [-0.2, -0.15) is 0 Å². The maximum atomic E-state index is 13.2. The zero-order valence-electron chi connectivity index (χ0n) is 20.2. The summed E-state index contributed by atoms with van der Waals surface area (Å²) in [5.74, 6) is 0.0193. The molecule has 182 valence electrons. The molecular weight excluding hydrogens is 440 g/mol. The zero-order chi connectivity index (χ0) is 25.0. The number of likely N-dealkylation sites (N-methyl/N-ethyl adjacent to an activating group) is 1. The highest BCUT2D eigenvalue weighted by molar-refractivity contribution is 6.46. The second-order valence-corrected chi connectivity index (χ2v) is 7.98. The van der Waals surface area contributed by atoms with Crippen molar-refractivity contribution in [3.05, 3.63) is 53.1 Å². The molecule has 0 aromatic heterocycles. The van der Waals surface area contributed by atoms with Crippen LogP contribution in [0.4, 0.5) is 0 Å². The largest absolute Gasteiger partial charge is 0.507 e. The number of methoxy groups -OCH3 is 4. The number of rotatable bonds is 9. The maximum Gasteiger partial charge on any atom is 0.295 e. The van der Waals surface area contributed by atoms with E-state index < -0.39 is 17.7 Å². The molecule has 0 saturated carbocycles. The van der Waals surface area contributed by atoms with E-state index in [0.29, 0.717) is 40.7 Å². The van der Waals surface area contributed by atoms with Crippen LogP contribution in [-0.4, -0.2) is 82.2 Å². The molecule has 0 radical (unpaired) electrons. The van der Waals surface area contributed by atoms with Crippen LogP contribution in [0.1, 0.15) is 17.2 Å². The lowest BCUT2D eigenvalue weighted by Gasteiger charge is -2.27. The van der Waals surface area contributed by atoms with Crippen molar-refractivity contribution in [3.63, 3.8) is 0 Å². The first kappa shape index (κ1) is 24.9.